The molecule has 3 amide bonds. The maximum absolute atomic E-state index is 12.1. The average molecular weight is 410 g/mol. The fourth-order valence-corrected chi connectivity index (χ4v) is 3.80. The van der Waals surface area contributed by atoms with Crippen molar-refractivity contribution in [1.82, 2.24) is 10.6 Å². The molecular formula is C19H26N2O6S. The molecule has 1 aromatic rings. The van der Waals surface area contributed by atoms with E-state index in [-0.39, 0.29) is 17.4 Å². The number of esters is 1. The van der Waals surface area contributed by atoms with Crippen molar-refractivity contribution in [1.29, 1.82) is 0 Å². The molecule has 0 aromatic heterocycles. The summed E-state index contributed by atoms with van der Waals surface area (Å²) in [7, 11) is -3.17. The molecule has 0 unspecified atom stereocenters. The molecule has 0 heterocycles. The van der Waals surface area contributed by atoms with Crippen LogP contribution in [0.15, 0.2) is 24.3 Å². The van der Waals surface area contributed by atoms with Gasteiger partial charge < -0.3 is 10.1 Å². The van der Waals surface area contributed by atoms with Crippen molar-refractivity contribution >= 4 is 27.7 Å². The average Bonchev–Trinajstić information content (AvgIpc) is 2.61. The zero-order chi connectivity index (χ0) is 20.7. The lowest BCUT2D eigenvalue weighted by molar-refractivity contribution is -0.127. The lowest BCUT2D eigenvalue weighted by atomic mass is 9.96. The Morgan fingerprint density at radius 3 is 2.29 bits per heavy atom. The Morgan fingerprint density at radius 2 is 1.71 bits per heavy atom. The summed E-state index contributed by atoms with van der Waals surface area (Å²) in [6, 6.07) is 5.36. The van der Waals surface area contributed by atoms with Crippen LogP contribution in [0.4, 0.5) is 4.79 Å². The van der Waals surface area contributed by atoms with Gasteiger partial charge in [-0.15, -0.1) is 0 Å². The van der Waals surface area contributed by atoms with Crippen LogP contribution in [0.1, 0.15) is 54.9 Å². The van der Waals surface area contributed by atoms with Gasteiger partial charge in [-0.1, -0.05) is 31.4 Å². The van der Waals surface area contributed by atoms with Gasteiger partial charge in [0.1, 0.15) is 0 Å². The van der Waals surface area contributed by atoms with Gasteiger partial charge in [-0.05, 0) is 37.5 Å². The molecule has 1 aliphatic carbocycles. The summed E-state index contributed by atoms with van der Waals surface area (Å²) in [4.78, 5) is 36.1. The molecule has 154 valence electrons. The second-order valence-electron chi connectivity index (χ2n) is 7.11. The van der Waals surface area contributed by atoms with E-state index in [1.165, 1.54) is 31.2 Å². The number of imide groups is 1. The van der Waals surface area contributed by atoms with Crippen LogP contribution in [-0.4, -0.2) is 44.7 Å². The maximum Gasteiger partial charge on any atom is 0.338 e. The number of hydrogen-bond acceptors (Lipinski definition) is 6. The largest absolute Gasteiger partial charge is 0.449 e. The number of carbonyl (C=O) groups is 3. The summed E-state index contributed by atoms with van der Waals surface area (Å²) >= 11 is 0. The van der Waals surface area contributed by atoms with Gasteiger partial charge in [0.2, 0.25) is 0 Å². The molecule has 8 nitrogen and oxygen atoms in total. The molecular weight excluding hydrogens is 384 g/mol. The first kappa shape index (κ1) is 21.9. The molecule has 0 radical (unpaired) electrons. The van der Waals surface area contributed by atoms with E-state index in [0.29, 0.717) is 5.56 Å². The van der Waals surface area contributed by atoms with Gasteiger partial charge in [-0.2, -0.15) is 0 Å². The normalized spacial score (nSPS) is 16.1. The van der Waals surface area contributed by atoms with Crippen LogP contribution >= 0.6 is 0 Å². The highest BCUT2D eigenvalue weighted by molar-refractivity contribution is 7.89. The molecule has 2 N–H and O–H groups in total. The number of carbonyl (C=O) groups excluding carboxylic acids is 3. The molecule has 1 saturated carbocycles. The summed E-state index contributed by atoms with van der Waals surface area (Å²) in [6.07, 6.45) is 5.01. The third-order valence-electron chi connectivity index (χ3n) is 4.45. The number of urea groups is 1. The summed E-state index contributed by atoms with van der Waals surface area (Å²) in [5, 5.41) is 4.94. The van der Waals surface area contributed by atoms with Crippen LogP contribution in [0.5, 0.6) is 0 Å². The van der Waals surface area contributed by atoms with E-state index in [1.807, 2.05) is 0 Å². The Balaban J connectivity index is 1.83. The molecule has 0 saturated heterocycles. The van der Waals surface area contributed by atoms with Crippen molar-refractivity contribution in [2.45, 2.75) is 56.9 Å². The first-order valence-electron chi connectivity index (χ1n) is 9.23. The molecule has 0 spiro atoms. The van der Waals surface area contributed by atoms with E-state index in [9.17, 15) is 22.8 Å². The quantitative estimate of drug-likeness (QED) is 0.692. The van der Waals surface area contributed by atoms with Crippen LogP contribution < -0.4 is 10.6 Å². The monoisotopic (exact) mass is 410 g/mol. The number of rotatable bonds is 6. The highest BCUT2D eigenvalue weighted by Crippen LogP contribution is 2.17. The van der Waals surface area contributed by atoms with Crippen LogP contribution in [0, 0.1) is 0 Å². The van der Waals surface area contributed by atoms with Gasteiger partial charge in [0.25, 0.3) is 5.91 Å². The second kappa shape index (κ2) is 9.68. The number of hydrogen-bond donors (Lipinski definition) is 2. The summed E-state index contributed by atoms with van der Waals surface area (Å²) in [5.41, 5.74) is 0.729. The van der Waals surface area contributed by atoms with Crippen molar-refractivity contribution in [3.05, 3.63) is 35.4 Å². The predicted octanol–water partition coefficient (Wildman–Crippen LogP) is 1.93. The molecule has 1 aliphatic rings. The topological polar surface area (TPSA) is 119 Å². The smallest absolute Gasteiger partial charge is 0.338 e. The Labute approximate surface area is 164 Å². The SMILES string of the molecule is C[C@H](OC(=O)c1ccc(CS(C)(=O)=O)cc1)C(=O)NC(=O)NC1CCCCC1. The highest BCUT2D eigenvalue weighted by atomic mass is 32.2. The van der Waals surface area contributed by atoms with Gasteiger partial charge >= 0.3 is 12.0 Å². The Morgan fingerprint density at radius 1 is 1.11 bits per heavy atom. The molecule has 0 bridgehead atoms. The number of amides is 3. The minimum atomic E-state index is -3.17. The molecule has 9 heteroatoms. The van der Waals surface area contributed by atoms with Crippen molar-refractivity contribution in [3.63, 3.8) is 0 Å². The predicted molar refractivity (Wildman–Crippen MR) is 103 cm³/mol. The molecule has 2 rings (SSSR count). The van der Waals surface area contributed by atoms with E-state index in [1.54, 1.807) is 0 Å². The number of nitrogens with one attached hydrogen (secondary N) is 2. The summed E-state index contributed by atoms with van der Waals surface area (Å²) in [5.74, 6) is -1.58. The zero-order valence-electron chi connectivity index (χ0n) is 16.1. The second-order valence-corrected chi connectivity index (χ2v) is 9.25. The maximum atomic E-state index is 12.1. The number of sulfone groups is 1. The van der Waals surface area contributed by atoms with Crippen LogP contribution in [0.3, 0.4) is 0 Å². The minimum absolute atomic E-state index is 0.0601. The van der Waals surface area contributed by atoms with Crippen LogP contribution in [-0.2, 0) is 25.1 Å². The highest BCUT2D eigenvalue weighted by Gasteiger charge is 2.22. The van der Waals surface area contributed by atoms with E-state index >= 15 is 0 Å². The lowest BCUT2D eigenvalue weighted by Gasteiger charge is -2.23. The van der Waals surface area contributed by atoms with Crippen molar-refractivity contribution in [3.8, 4) is 0 Å². The zero-order valence-corrected chi connectivity index (χ0v) is 16.9. The van der Waals surface area contributed by atoms with Gasteiger partial charge in [-0.25, -0.2) is 18.0 Å². The molecule has 1 fully saturated rings. The van der Waals surface area contributed by atoms with Crippen LogP contribution in [0.2, 0.25) is 0 Å². The van der Waals surface area contributed by atoms with Gasteiger partial charge in [0.05, 0.1) is 11.3 Å². The molecule has 28 heavy (non-hydrogen) atoms. The Hall–Kier alpha value is -2.42. The van der Waals surface area contributed by atoms with E-state index < -0.39 is 33.8 Å². The van der Waals surface area contributed by atoms with E-state index in [2.05, 4.69) is 10.6 Å². The van der Waals surface area contributed by atoms with E-state index in [4.69, 9.17) is 4.74 Å². The molecule has 0 aliphatic heterocycles. The van der Waals surface area contributed by atoms with Gasteiger partial charge in [0.15, 0.2) is 15.9 Å². The minimum Gasteiger partial charge on any atom is -0.449 e. The van der Waals surface area contributed by atoms with Crippen molar-refractivity contribution in [2.75, 3.05) is 6.26 Å². The summed E-state index contributed by atoms with van der Waals surface area (Å²) < 4.78 is 27.7. The Bertz CT molecular complexity index is 813. The van der Waals surface area contributed by atoms with Crippen molar-refractivity contribution < 1.29 is 27.5 Å². The lowest BCUT2D eigenvalue weighted by Crippen LogP contribution is -2.48. The molecule has 1 aromatic carbocycles. The molecule has 1 atom stereocenters. The van der Waals surface area contributed by atoms with Gasteiger partial charge in [-0.3, -0.25) is 10.1 Å². The van der Waals surface area contributed by atoms with Crippen LogP contribution in [0.25, 0.3) is 0 Å². The third-order valence-corrected chi connectivity index (χ3v) is 5.31. The number of benzene rings is 1. The van der Waals surface area contributed by atoms with Crippen molar-refractivity contribution in [2.24, 2.45) is 0 Å². The first-order valence-corrected chi connectivity index (χ1v) is 11.3. The van der Waals surface area contributed by atoms with E-state index in [0.717, 1.165) is 38.4 Å². The Kier molecular flexibility index (Phi) is 7.56. The number of ether oxygens (including phenoxy) is 1. The standard InChI is InChI=1S/C19H26N2O6S/c1-13(17(22)21-19(24)20-16-6-4-3-5-7-16)27-18(23)15-10-8-14(9-11-15)12-28(2,25)26/h8-11,13,16H,3-7,12H2,1-2H3,(H2,20,21,22,24)/t13-/m0/s1. The summed E-state index contributed by atoms with van der Waals surface area (Å²) in [6.45, 7) is 1.37. The van der Waals surface area contributed by atoms with Gasteiger partial charge in [0, 0.05) is 12.3 Å². The fourth-order valence-electron chi connectivity index (χ4n) is 3.00. The third kappa shape index (κ3) is 7.30. The fraction of sp³-hybridized carbons (Fsp3) is 0.526. The first-order chi connectivity index (χ1) is 13.1.